The molecule has 31 heavy (non-hydrogen) atoms. The van der Waals surface area contributed by atoms with Crippen LogP contribution < -0.4 is 0 Å². The highest BCUT2D eigenvalue weighted by atomic mass is 16.6. The third kappa shape index (κ3) is 23.6. The number of hydrogen-bond acceptors (Lipinski definition) is 4. The van der Waals surface area contributed by atoms with Crippen LogP contribution in [0.4, 0.5) is 0 Å². The fourth-order valence-corrected chi connectivity index (χ4v) is 3.55. The van der Waals surface area contributed by atoms with Gasteiger partial charge in [-0.05, 0) is 38.5 Å². The molecule has 4 nitrogen and oxygen atoms in total. The Balaban J connectivity index is 3.48. The first kappa shape index (κ1) is 30.1. The number of aliphatic hydroxyl groups is 1. The molecule has 0 heterocycles. The van der Waals surface area contributed by atoms with E-state index in [2.05, 4.69) is 26.0 Å². The van der Waals surface area contributed by atoms with E-state index in [-0.39, 0.29) is 12.6 Å². The van der Waals surface area contributed by atoms with Crippen molar-refractivity contribution in [3.63, 3.8) is 0 Å². The summed E-state index contributed by atoms with van der Waals surface area (Å²) in [7, 11) is 0. The van der Waals surface area contributed by atoms with Crippen molar-refractivity contribution >= 4 is 5.97 Å². The molecule has 0 aromatic heterocycles. The number of carbonyl (C=O) groups is 1. The lowest BCUT2D eigenvalue weighted by Gasteiger charge is -2.15. The Kier molecular flexibility index (Phi) is 24.7. The molecule has 0 rings (SSSR count). The lowest BCUT2D eigenvalue weighted by Crippen LogP contribution is -2.27. The first-order valence-corrected chi connectivity index (χ1v) is 13.3. The van der Waals surface area contributed by atoms with Crippen molar-refractivity contribution < 1.29 is 19.4 Å². The largest absolute Gasteiger partial charge is 0.457 e. The van der Waals surface area contributed by atoms with Crippen LogP contribution in [0.2, 0.25) is 0 Å². The molecule has 0 radical (unpaired) electrons. The zero-order valence-electron chi connectivity index (χ0n) is 20.8. The number of allylic oxidation sites excluding steroid dienone is 2. The van der Waals surface area contributed by atoms with E-state index in [9.17, 15) is 9.90 Å². The first-order chi connectivity index (χ1) is 15.2. The summed E-state index contributed by atoms with van der Waals surface area (Å²) >= 11 is 0. The quantitative estimate of drug-likeness (QED) is 0.0957. The van der Waals surface area contributed by atoms with Crippen LogP contribution in [0.25, 0.3) is 0 Å². The molecule has 0 spiro atoms. The van der Waals surface area contributed by atoms with E-state index < -0.39 is 6.10 Å². The number of rotatable bonds is 24. The van der Waals surface area contributed by atoms with Crippen LogP contribution in [0.3, 0.4) is 0 Å². The van der Waals surface area contributed by atoms with Crippen LogP contribution in [0, 0.1) is 0 Å². The molecule has 0 aromatic carbocycles. The van der Waals surface area contributed by atoms with Crippen molar-refractivity contribution in [2.24, 2.45) is 0 Å². The zero-order chi connectivity index (χ0) is 22.8. The molecule has 0 aliphatic carbocycles. The second-order valence-corrected chi connectivity index (χ2v) is 8.76. The SMILES string of the molecule is CCCCCC/C=C\CCCCCCCC(=O)OC(CO)COCCCCCCCC. The molecular weight excluding hydrogens is 388 g/mol. The summed E-state index contributed by atoms with van der Waals surface area (Å²) in [6, 6.07) is 0. The Labute approximate surface area is 193 Å². The Morgan fingerprint density at radius 1 is 0.742 bits per heavy atom. The molecule has 0 fully saturated rings. The molecule has 0 saturated carbocycles. The third-order valence-corrected chi connectivity index (χ3v) is 5.59. The molecule has 184 valence electrons. The average molecular weight is 441 g/mol. The van der Waals surface area contributed by atoms with Crippen LogP contribution in [-0.2, 0) is 14.3 Å². The van der Waals surface area contributed by atoms with Gasteiger partial charge in [0.15, 0.2) is 0 Å². The second kappa shape index (κ2) is 25.4. The molecule has 1 atom stereocenters. The van der Waals surface area contributed by atoms with Crippen molar-refractivity contribution in [3.05, 3.63) is 12.2 Å². The molecule has 0 aliphatic heterocycles. The predicted molar refractivity (Wildman–Crippen MR) is 131 cm³/mol. The Bertz CT molecular complexity index is 395. The van der Waals surface area contributed by atoms with Crippen LogP contribution in [0.1, 0.15) is 129 Å². The molecule has 0 bridgehead atoms. The maximum atomic E-state index is 12.0. The standard InChI is InChI=1S/C27H52O4/c1-3-5-7-9-11-12-13-14-15-16-17-18-20-22-27(29)31-26(24-28)25-30-23-21-19-10-8-6-4-2/h12-13,26,28H,3-11,14-25H2,1-2H3/b13-12-. The molecule has 0 aliphatic rings. The number of hydrogen-bond donors (Lipinski definition) is 1. The van der Waals surface area contributed by atoms with Gasteiger partial charge in [0.2, 0.25) is 0 Å². The Hall–Kier alpha value is -0.870. The fraction of sp³-hybridized carbons (Fsp3) is 0.889. The highest BCUT2D eigenvalue weighted by Crippen LogP contribution is 2.10. The number of carbonyl (C=O) groups excluding carboxylic acids is 1. The van der Waals surface area contributed by atoms with E-state index in [1.54, 1.807) is 0 Å². The molecular formula is C27H52O4. The average Bonchev–Trinajstić information content (AvgIpc) is 2.77. The van der Waals surface area contributed by atoms with E-state index in [0.717, 1.165) is 19.3 Å². The molecule has 4 heteroatoms. The predicted octanol–water partition coefficient (Wildman–Crippen LogP) is 7.52. The Morgan fingerprint density at radius 3 is 1.87 bits per heavy atom. The maximum absolute atomic E-state index is 12.0. The molecule has 0 amide bonds. The van der Waals surface area contributed by atoms with Crippen molar-refractivity contribution in [1.29, 1.82) is 0 Å². The summed E-state index contributed by atoms with van der Waals surface area (Å²) in [6.07, 6.45) is 25.2. The van der Waals surface area contributed by atoms with Gasteiger partial charge in [0.25, 0.3) is 0 Å². The van der Waals surface area contributed by atoms with Crippen LogP contribution in [0.5, 0.6) is 0 Å². The van der Waals surface area contributed by atoms with Gasteiger partial charge in [0, 0.05) is 13.0 Å². The van der Waals surface area contributed by atoms with Gasteiger partial charge >= 0.3 is 5.97 Å². The summed E-state index contributed by atoms with van der Waals surface area (Å²) < 4.78 is 10.9. The van der Waals surface area contributed by atoms with Gasteiger partial charge in [0.05, 0.1) is 13.2 Å². The number of esters is 1. The van der Waals surface area contributed by atoms with Gasteiger partial charge in [-0.3, -0.25) is 4.79 Å². The van der Waals surface area contributed by atoms with Gasteiger partial charge < -0.3 is 14.6 Å². The van der Waals surface area contributed by atoms with Crippen LogP contribution >= 0.6 is 0 Å². The Morgan fingerprint density at radius 2 is 1.26 bits per heavy atom. The van der Waals surface area contributed by atoms with E-state index in [0.29, 0.717) is 19.6 Å². The third-order valence-electron chi connectivity index (χ3n) is 5.59. The van der Waals surface area contributed by atoms with Gasteiger partial charge in [0.1, 0.15) is 6.10 Å². The van der Waals surface area contributed by atoms with E-state index in [1.165, 1.54) is 89.9 Å². The summed E-state index contributed by atoms with van der Waals surface area (Å²) in [5.74, 6) is -0.215. The number of unbranched alkanes of at least 4 members (excludes halogenated alkanes) is 14. The molecule has 0 saturated heterocycles. The van der Waals surface area contributed by atoms with Crippen LogP contribution in [0.15, 0.2) is 12.2 Å². The second-order valence-electron chi connectivity index (χ2n) is 8.76. The highest BCUT2D eigenvalue weighted by Gasteiger charge is 2.13. The van der Waals surface area contributed by atoms with E-state index in [1.807, 2.05) is 0 Å². The fourth-order valence-electron chi connectivity index (χ4n) is 3.55. The highest BCUT2D eigenvalue weighted by molar-refractivity contribution is 5.69. The minimum atomic E-state index is -0.527. The topological polar surface area (TPSA) is 55.8 Å². The normalized spacial score (nSPS) is 12.5. The monoisotopic (exact) mass is 440 g/mol. The van der Waals surface area contributed by atoms with Crippen molar-refractivity contribution in [1.82, 2.24) is 0 Å². The van der Waals surface area contributed by atoms with E-state index >= 15 is 0 Å². The minimum Gasteiger partial charge on any atom is -0.457 e. The lowest BCUT2D eigenvalue weighted by atomic mass is 10.1. The summed E-state index contributed by atoms with van der Waals surface area (Å²) in [5, 5.41) is 9.40. The molecule has 1 unspecified atom stereocenters. The molecule has 0 aromatic rings. The lowest BCUT2D eigenvalue weighted by molar-refractivity contribution is -0.154. The number of ether oxygens (including phenoxy) is 2. The zero-order valence-corrected chi connectivity index (χ0v) is 20.8. The van der Waals surface area contributed by atoms with Gasteiger partial charge in [-0.25, -0.2) is 0 Å². The van der Waals surface area contributed by atoms with Gasteiger partial charge in [-0.2, -0.15) is 0 Å². The smallest absolute Gasteiger partial charge is 0.306 e. The number of aliphatic hydroxyl groups excluding tert-OH is 1. The maximum Gasteiger partial charge on any atom is 0.306 e. The molecule has 1 N–H and O–H groups in total. The van der Waals surface area contributed by atoms with Crippen molar-refractivity contribution in [2.45, 2.75) is 136 Å². The summed E-state index contributed by atoms with van der Waals surface area (Å²) in [6.45, 7) is 5.26. The van der Waals surface area contributed by atoms with Gasteiger partial charge in [-0.1, -0.05) is 96.6 Å². The summed E-state index contributed by atoms with van der Waals surface area (Å²) in [5.41, 5.74) is 0. The van der Waals surface area contributed by atoms with Gasteiger partial charge in [-0.15, -0.1) is 0 Å². The van der Waals surface area contributed by atoms with Crippen LogP contribution in [-0.4, -0.2) is 37.0 Å². The van der Waals surface area contributed by atoms with E-state index in [4.69, 9.17) is 9.47 Å². The van der Waals surface area contributed by atoms with Crippen molar-refractivity contribution in [3.8, 4) is 0 Å². The minimum absolute atomic E-state index is 0.172. The first-order valence-electron chi connectivity index (χ1n) is 13.3. The van der Waals surface area contributed by atoms with Crippen molar-refractivity contribution in [2.75, 3.05) is 19.8 Å². The summed E-state index contributed by atoms with van der Waals surface area (Å²) in [4.78, 5) is 12.0.